The Balaban J connectivity index is 2.37. The van der Waals surface area contributed by atoms with Crippen molar-refractivity contribution in [2.24, 2.45) is 0 Å². The van der Waals surface area contributed by atoms with Gasteiger partial charge in [-0.25, -0.2) is 8.42 Å². The van der Waals surface area contributed by atoms with Crippen LogP contribution in [0, 0.1) is 13.8 Å². The van der Waals surface area contributed by atoms with Gasteiger partial charge in [-0.1, -0.05) is 6.07 Å². The summed E-state index contributed by atoms with van der Waals surface area (Å²) in [6, 6.07) is 9.21. The Bertz CT molecular complexity index is 735. The molecule has 0 saturated heterocycles. The van der Waals surface area contributed by atoms with E-state index in [9.17, 15) is 13.5 Å². The van der Waals surface area contributed by atoms with Crippen molar-refractivity contribution in [3.05, 3.63) is 47.5 Å². The van der Waals surface area contributed by atoms with Crippen LogP contribution in [0.5, 0.6) is 5.75 Å². The number of hydrogen-bond acceptors (Lipinski definition) is 4. The van der Waals surface area contributed by atoms with Crippen LogP contribution in [-0.4, -0.2) is 13.5 Å². The number of phenolic OH excluding ortho intramolecular Hbond substituents is 1. The summed E-state index contributed by atoms with van der Waals surface area (Å²) < 4.78 is 26.9. The Morgan fingerprint density at radius 3 is 2.40 bits per heavy atom. The van der Waals surface area contributed by atoms with E-state index in [0.29, 0.717) is 16.9 Å². The van der Waals surface area contributed by atoms with Crippen molar-refractivity contribution in [3.63, 3.8) is 0 Å². The van der Waals surface area contributed by atoms with E-state index in [0.717, 1.165) is 5.56 Å². The minimum atomic E-state index is -3.73. The molecule has 0 atom stereocenters. The Kier molecular flexibility index (Phi) is 3.59. The van der Waals surface area contributed by atoms with Crippen LogP contribution in [0.15, 0.2) is 41.3 Å². The van der Waals surface area contributed by atoms with E-state index in [4.69, 9.17) is 5.73 Å². The van der Waals surface area contributed by atoms with Gasteiger partial charge in [-0.3, -0.25) is 4.72 Å². The SMILES string of the molecule is Cc1cc(N)cc(S(=O)(=O)Nc2ccc(C)c(O)c2)c1. The number of anilines is 2. The molecule has 2 aromatic rings. The molecule has 6 heteroatoms. The smallest absolute Gasteiger partial charge is 0.261 e. The van der Waals surface area contributed by atoms with Crippen molar-refractivity contribution in [3.8, 4) is 5.75 Å². The summed E-state index contributed by atoms with van der Waals surface area (Å²) in [5, 5.41) is 9.60. The number of aromatic hydroxyl groups is 1. The van der Waals surface area contributed by atoms with Crippen molar-refractivity contribution in [1.29, 1.82) is 0 Å². The number of nitrogen functional groups attached to an aromatic ring is 1. The van der Waals surface area contributed by atoms with E-state index in [1.807, 2.05) is 0 Å². The van der Waals surface area contributed by atoms with E-state index in [1.54, 1.807) is 32.0 Å². The second kappa shape index (κ2) is 5.05. The maximum Gasteiger partial charge on any atom is 0.261 e. The molecule has 0 radical (unpaired) electrons. The van der Waals surface area contributed by atoms with Crippen molar-refractivity contribution >= 4 is 21.4 Å². The lowest BCUT2D eigenvalue weighted by atomic mass is 10.2. The van der Waals surface area contributed by atoms with Crippen molar-refractivity contribution in [1.82, 2.24) is 0 Å². The molecule has 0 heterocycles. The highest BCUT2D eigenvalue weighted by molar-refractivity contribution is 7.92. The molecule has 0 amide bonds. The molecule has 0 aliphatic heterocycles. The lowest BCUT2D eigenvalue weighted by molar-refractivity contribution is 0.471. The molecule has 5 nitrogen and oxygen atoms in total. The van der Waals surface area contributed by atoms with Gasteiger partial charge in [0.15, 0.2) is 0 Å². The third-order valence-corrected chi connectivity index (χ3v) is 4.21. The van der Waals surface area contributed by atoms with Crippen LogP contribution in [0.25, 0.3) is 0 Å². The molecular formula is C14H16N2O3S. The van der Waals surface area contributed by atoms with Crippen molar-refractivity contribution < 1.29 is 13.5 Å². The second-order valence-corrected chi connectivity index (χ2v) is 6.37. The average molecular weight is 292 g/mol. The maximum absolute atomic E-state index is 12.3. The van der Waals surface area contributed by atoms with Gasteiger partial charge in [0.1, 0.15) is 5.75 Å². The molecule has 0 aliphatic carbocycles. The quantitative estimate of drug-likeness (QED) is 0.757. The molecular weight excluding hydrogens is 276 g/mol. The van der Waals surface area contributed by atoms with Gasteiger partial charge in [0.25, 0.3) is 10.0 Å². The van der Waals surface area contributed by atoms with Crippen LogP contribution in [0.2, 0.25) is 0 Å². The summed E-state index contributed by atoms with van der Waals surface area (Å²) in [7, 11) is -3.73. The first-order valence-corrected chi connectivity index (χ1v) is 7.46. The van der Waals surface area contributed by atoms with Crippen molar-refractivity contribution in [2.75, 3.05) is 10.5 Å². The Morgan fingerprint density at radius 2 is 1.80 bits per heavy atom. The largest absolute Gasteiger partial charge is 0.508 e. The van der Waals surface area contributed by atoms with Crippen molar-refractivity contribution in [2.45, 2.75) is 18.7 Å². The number of phenols is 1. The number of benzene rings is 2. The summed E-state index contributed by atoms with van der Waals surface area (Å²) >= 11 is 0. The van der Waals surface area contributed by atoms with Crippen LogP contribution in [0.3, 0.4) is 0 Å². The highest BCUT2D eigenvalue weighted by atomic mass is 32.2. The number of nitrogens with two attached hydrogens (primary N) is 1. The zero-order valence-electron chi connectivity index (χ0n) is 11.2. The van der Waals surface area contributed by atoms with Gasteiger partial charge >= 0.3 is 0 Å². The molecule has 2 aromatic carbocycles. The summed E-state index contributed by atoms with van der Waals surface area (Å²) in [5.74, 6) is 0.0361. The number of nitrogens with one attached hydrogen (secondary N) is 1. The molecule has 0 saturated carbocycles. The number of hydrogen-bond donors (Lipinski definition) is 3. The summed E-state index contributed by atoms with van der Waals surface area (Å²) in [5.41, 5.74) is 7.78. The Labute approximate surface area is 118 Å². The Morgan fingerprint density at radius 1 is 1.10 bits per heavy atom. The van der Waals surface area contributed by atoms with E-state index in [-0.39, 0.29) is 10.6 Å². The molecule has 4 N–H and O–H groups in total. The molecule has 0 spiro atoms. The highest BCUT2D eigenvalue weighted by Crippen LogP contribution is 2.24. The molecule has 0 bridgehead atoms. The van der Waals surface area contributed by atoms with E-state index >= 15 is 0 Å². The van der Waals surface area contributed by atoms with Gasteiger partial charge in [-0.2, -0.15) is 0 Å². The standard InChI is InChI=1S/C14H16N2O3S/c1-9-5-11(15)7-13(6-9)20(18,19)16-12-4-3-10(2)14(17)8-12/h3-8,16-17H,15H2,1-2H3. The molecule has 20 heavy (non-hydrogen) atoms. The van der Waals surface area contributed by atoms with Crippen LogP contribution in [0.1, 0.15) is 11.1 Å². The third kappa shape index (κ3) is 3.03. The average Bonchev–Trinajstić information content (AvgIpc) is 2.32. The lowest BCUT2D eigenvalue weighted by Crippen LogP contribution is -2.13. The normalized spacial score (nSPS) is 11.3. The second-order valence-electron chi connectivity index (χ2n) is 4.69. The Hall–Kier alpha value is -2.21. The number of sulfonamides is 1. The first-order chi connectivity index (χ1) is 9.28. The fourth-order valence-corrected chi connectivity index (χ4v) is 3.01. The zero-order chi connectivity index (χ0) is 14.9. The molecule has 0 unspecified atom stereocenters. The van der Waals surface area contributed by atoms with E-state index in [2.05, 4.69) is 4.72 Å². The number of aryl methyl sites for hydroxylation is 2. The van der Waals surface area contributed by atoms with Crippen LogP contribution in [0.4, 0.5) is 11.4 Å². The van der Waals surface area contributed by atoms with Gasteiger partial charge in [0.05, 0.1) is 10.6 Å². The topological polar surface area (TPSA) is 92.4 Å². The van der Waals surface area contributed by atoms with Gasteiger partial charge < -0.3 is 10.8 Å². The highest BCUT2D eigenvalue weighted by Gasteiger charge is 2.15. The monoisotopic (exact) mass is 292 g/mol. The molecule has 0 aliphatic rings. The summed E-state index contributed by atoms with van der Waals surface area (Å²) in [6.45, 7) is 3.50. The van der Waals surface area contributed by atoms with E-state index < -0.39 is 10.0 Å². The number of rotatable bonds is 3. The molecule has 0 fully saturated rings. The van der Waals surface area contributed by atoms with Gasteiger partial charge in [0, 0.05) is 11.8 Å². The van der Waals surface area contributed by atoms with Gasteiger partial charge in [-0.15, -0.1) is 0 Å². The minimum absolute atomic E-state index is 0.0361. The predicted octanol–water partition coefficient (Wildman–Crippen LogP) is 2.39. The minimum Gasteiger partial charge on any atom is -0.508 e. The summed E-state index contributed by atoms with van der Waals surface area (Å²) in [6.07, 6.45) is 0. The van der Waals surface area contributed by atoms with Crippen LogP contribution in [-0.2, 0) is 10.0 Å². The first-order valence-electron chi connectivity index (χ1n) is 5.97. The molecule has 2 rings (SSSR count). The predicted molar refractivity (Wildman–Crippen MR) is 79.2 cm³/mol. The molecule has 0 aromatic heterocycles. The van der Waals surface area contributed by atoms with Crippen LogP contribution < -0.4 is 10.5 Å². The van der Waals surface area contributed by atoms with E-state index in [1.165, 1.54) is 18.2 Å². The fourth-order valence-electron chi connectivity index (χ4n) is 1.82. The van der Waals surface area contributed by atoms with Crippen LogP contribution >= 0.6 is 0 Å². The fraction of sp³-hybridized carbons (Fsp3) is 0.143. The maximum atomic E-state index is 12.3. The molecule has 106 valence electrons. The zero-order valence-corrected chi connectivity index (χ0v) is 12.0. The third-order valence-electron chi connectivity index (χ3n) is 2.84. The van der Waals surface area contributed by atoms with Gasteiger partial charge in [0.2, 0.25) is 0 Å². The first kappa shape index (κ1) is 14.2. The summed E-state index contributed by atoms with van der Waals surface area (Å²) in [4.78, 5) is 0.0927. The van der Waals surface area contributed by atoms with Gasteiger partial charge in [-0.05, 0) is 49.2 Å². The lowest BCUT2D eigenvalue weighted by Gasteiger charge is -2.10.